The third kappa shape index (κ3) is 4.97. The number of piperazine rings is 1. The molecule has 0 saturated carbocycles. The zero-order valence-corrected chi connectivity index (χ0v) is 19.3. The molecule has 2 aliphatic heterocycles. The van der Waals surface area contributed by atoms with E-state index in [1.807, 2.05) is 0 Å². The van der Waals surface area contributed by atoms with Gasteiger partial charge in [0, 0.05) is 38.7 Å². The van der Waals surface area contributed by atoms with Crippen LogP contribution in [0.25, 0.3) is 0 Å². The summed E-state index contributed by atoms with van der Waals surface area (Å²) in [4.78, 5) is 13.6. The van der Waals surface area contributed by atoms with Crippen molar-refractivity contribution in [2.45, 2.75) is 16.2 Å². The minimum atomic E-state index is -4.02. The third-order valence-corrected chi connectivity index (χ3v) is 9.15. The Balaban J connectivity index is 1.34. The van der Waals surface area contributed by atoms with Crippen LogP contribution in [0.1, 0.15) is 6.42 Å². The molecule has 0 N–H and O–H groups in total. The Kier molecular flexibility index (Phi) is 6.59. The lowest BCUT2D eigenvalue weighted by atomic mass is 10.3. The maximum Gasteiger partial charge on any atom is 0.246 e. The quantitative estimate of drug-likeness (QED) is 0.590. The second kappa shape index (κ2) is 9.27. The number of hydrogen-bond donors (Lipinski definition) is 0. The SMILES string of the molecule is O=C(CCS(=O)(=O)c1ccc2c(c1)OCCO2)N1CCN(S(=O)(=O)c2ccccc2F)CC1. The van der Waals surface area contributed by atoms with Crippen LogP contribution in [-0.4, -0.2) is 77.1 Å². The van der Waals surface area contributed by atoms with Gasteiger partial charge in [0.15, 0.2) is 21.3 Å². The second-order valence-electron chi connectivity index (χ2n) is 7.59. The topological polar surface area (TPSA) is 110 Å². The number of amides is 1. The Labute approximate surface area is 191 Å². The average Bonchev–Trinajstić information content (AvgIpc) is 2.82. The van der Waals surface area contributed by atoms with Crippen molar-refractivity contribution in [2.75, 3.05) is 45.1 Å². The molecule has 0 unspecified atom stereocenters. The zero-order valence-electron chi connectivity index (χ0n) is 17.6. The number of halogens is 1. The first kappa shape index (κ1) is 23.5. The molecule has 2 aliphatic rings. The fraction of sp³-hybridized carbons (Fsp3) is 0.381. The van der Waals surface area contributed by atoms with Gasteiger partial charge in [-0.1, -0.05) is 12.1 Å². The molecule has 2 aromatic rings. The highest BCUT2D eigenvalue weighted by atomic mass is 32.2. The van der Waals surface area contributed by atoms with Crippen molar-refractivity contribution in [3.05, 3.63) is 48.3 Å². The summed E-state index contributed by atoms with van der Waals surface area (Å²) in [6.07, 6.45) is -0.239. The van der Waals surface area contributed by atoms with Gasteiger partial charge < -0.3 is 14.4 Å². The molecule has 1 amide bonds. The molecule has 0 aromatic heterocycles. The van der Waals surface area contributed by atoms with E-state index < -0.39 is 30.6 Å². The maximum absolute atomic E-state index is 13.9. The van der Waals surface area contributed by atoms with E-state index in [9.17, 15) is 26.0 Å². The number of benzene rings is 2. The monoisotopic (exact) mass is 498 g/mol. The lowest BCUT2D eigenvalue weighted by molar-refractivity contribution is -0.131. The van der Waals surface area contributed by atoms with Crippen molar-refractivity contribution in [1.82, 2.24) is 9.21 Å². The molecule has 178 valence electrons. The first-order valence-corrected chi connectivity index (χ1v) is 13.4. The normalized spacial score (nSPS) is 17.1. The van der Waals surface area contributed by atoms with Gasteiger partial charge in [-0.2, -0.15) is 4.31 Å². The molecule has 12 heteroatoms. The van der Waals surface area contributed by atoms with Crippen molar-refractivity contribution in [3.8, 4) is 11.5 Å². The Morgan fingerprint density at radius 1 is 0.909 bits per heavy atom. The molecule has 33 heavy (non-hydrogen) atoms. The van der Waals surface area contributed by atoms with Gasteiger partial charge in [-0.05, 0) is 24.3 Å². The van der Waals surface area contributed by atoms with E-state index in [4.69, 9.17) is 9.47 Å². The van der Waals surface area contributed by atoms with E-state index in [-0.39, 0.29) is 49.2 Å². The summed E-state index contributed by atoms with van der Waals surface area (Å²) >= 11 is 0. The van der Waals surface area contributed by atoms with Crippen LogP contribution in [-0.2, 0) is 24.7 Å². The lowest BCUT2D eigenvalue weighted by Crippen LogP contribution is -2.50. The molecule has 1 saturated heterocycles. The van der Waals surface area contributed by atoms with Gasteiger partial charge in [-0.25, -0.2) is 21.2 Å². The van der Waals surface area contributed by atoms with Crippen molar-refractivity contribution in [1.29, 1.82) is 0 Å². The summed E-state index contributed by atoms with van der Waals surface area (Å²) in [6, 6.07) is 9.46. The molecule has 0 atom stereocenters. The minimum absolute atomic E-state index is 0.00266. The summed E-state index contributed by atoms with van der Waals surface area (Å²) in [5.74, 6) is -0.793. The molecule has 2 aromatic carbocycles. The highest BCUT2D eigenvalue weighted by Crippen LogP contribution is 2.32. The van der Waals surface area contributed by atoms with Crippen molar-refractivity contribution < 1.29 is 35.5 Å². The van der Waals surface area contributed by atoms with Gasteiger partial charge in [-0.3, -0.25) is 4.79 Å². The number of nitrogens with zero attached hydrogens (tertiary/aromatic N) is 2. The van der Waals surface area contributed by atoms with Crippen LogP contribution in [0, 0.1) is 5.82 Å². The molecule has 1 fully saturated rings. The molecular formula is C21H23FN2O7S2. The number of sulfonamides is 1. The van der Waals surface area contributed by atoms with Crippen LogP contribution in [0.4, 0.5) is 4.39 Å². The highest BCUT2D eigenvalue weighted by molar-refractivity contribution is 7.91. The Hall–Kier alpha value is -2.70. The fourth-order valence-corrected chi connectivity index (χ4v) is 6.41. The van der Waals surface area contributed by atoms with Crippen LogP contribution in [0.15, 0.2) is 52.3 Å². The predicted octanol–water partition coefficient (Wildman–Crippen LogP) is 1.29. The number of carbonyl (C=O) groups excluding carboxylic acids is 1. The van der Waals surface area contributed by atoms with Crippen LogP contribution in [0.3, 0.4) is 0 Å². The molecule has 0 radical (unpaired) electrons. The van der Waals surface area contributed by atoms with Gasteiger partial charge in [0.05, 0.1) is 10.6 Å². The van der Waals surface area contributed by atoms with E-state index in [1.165, 1.54) is 41.3 Å². The number of sulfone groups is 1. The molecule has 0 aliphatic carbocycles. The maximum atomic E-state index is 13.9. The minimum Gasteiger partial charge on any atom is -0.486 e. The van der Waals surface area contributed by atoms with Crippen LogP contribution < -0.4 is 9.47 Å². The molecule has 9 nitrogen and oxygen atoms in total. The van der Waals surface area contributed by atoms with E-state index >= 15 is 0 Å². The number of carbonyl (C=O) groups is 1. The smallest absolute Gasteiger partial charge is 0.246 e. The number of fused-ring (bicyclic) bond motifs is 1. The van der Waals surface area contributed by atoms with Crippen LogP contribution >= 0.6 is 0 Å². The molecule has 0 spiro atoms. The van der Waals surface area contributed by atoms with E-state index in [0.29, 0.717) is 24.7 Å². The fourth-order valence-electron chi connectivity index (χ4n) is 3.69. The van der Waals surface area contributed by atoms with Gasteiger partial charge in [-0.15, -0.1) is 0 Å². The third-order valence-electron chi connectivity index (χ3n) is 5.50. The molecule has 4 rings (SSSR count). The first-order valence-electron chi connectivity index (χ1n) is 10.3. The van der Waals surface area contributed by atoms with E-state index in [2.05, 4.69) is 0 Å². The summed E-state index contributed by atoms with van der Waals surface area (Å²) in [7, 11) is -7.75. The van der Waals surface area contributed by atoms with E-state index in [0.717, 1.165) is 10.4 Å². The Morgan fingerprint density at radius 2 is 1.58 bits per heavy atom. The average molecular weight is 499 g/mol. The summed E-state index contributed by atoms with van der Waals surface area (Å²) in [5, 5.41) is 0. The summed E-state index contributed by atoms with van der Waals surface area (Å²) < 4.78 is 76.6. The molecule has 2 heterocycles. The number of rotatable bonds is 6. The van der Waals surface area contributed by atoms with Gasteiger partial charge in [0.25, 0.3) is 0 Å². The summed E-state index contributed by atoms with van der Waals surface area (Å²) in [5.41, 5.74) is 0. The second-order valence-corrected chi connectivity index (χ2v) is 11.6. The Morgan fingerprint density at radius 3 is 2.27 bits per heavy atom. The summed E-state index contributed by atoms with van der Waals surface area (Å²) in [6.45, 7) is 0.901. The molecule has 0 bridgehead atoms. The van der Waals surface area contributed by atoms with E-state index in [1.54, 1.807) is 0 Å². The van der Waals surface area contributed by atoms with Gasteiger partial charge in [0.2, 0.25) is 15.9 Å². The zero-order chi connectivity index (χ0) is 23.6. The number of hydrogen-bond acceptors (Lipinski definition) is 7. The predicted molar refractivity (Wildman–Crippen MR) is 116 cm³/mol. The van der Waals surface area contributed by atoms with Gasteiger partial charge in [0.1, 0.15) is 23.9 Å². The van der Waals surface area contributed by atoms with Gasteiger partial charge >= 0.3 is 0 Å². The highest BCUT2D eigenvalue weighted by Gasteiger charge is 2.32. The largest absolute Gasteiger partial charge is 0.486 e. The standard InChI is InChI=1S/C21H23FN2O7S2/c22-17-3-1-2-4-20(17)33(28,29)24-10-8-23(9-11-24)21(25)7-14-32(26,27)16-5-6-18-19(15-16)31-13-12-30-18/h1-6,15H,7-14H2. The lowest BCUT2D eigenvalue weighted by Gasteiger charge is -2.34. The van der Waals surface area contributed by atoms with Crippen LogP contribution in [0.5, 0.6) is 11.5 Å². The first-order chi connectivity index (χ1) is 15.7. The van der Waals surface area contributed by atoms with Crippen molar-refractivity contribution >= 4 is 25.8 Å². The Bertz CT molecular complexity index is 1260. The van der Waals surface area contributed by atoms with Crippen molar-refractivity contribution in [2.24, 2.45) is 0 Å². The number of ether oxygens (including phenoxy) is 2. The van der Waals surface area contributed by atoms with Crippen LogP contribution in [0.2, 0.25) is 0 Å². The molecular weight excluding hydrogens is 475 g/mol. The van der Waals surface area contributed by atoms with Crippen molar-refractivity contribution in [3.63, 3.8) is 0 Å².